The molecule has 0 radical (unpaired) electrons. The van der Waals surface area contributed by atoms with Crippen molar-refractivity contribution < 1.29 is 13.9 Å². The highest BCUT2D eigenvalue weighted by Gasteiger charge is 2.13. The van der Waals surface area contributed by atoms with E-state index >= 15 is 0 Å². The van der Waals surface area contributed by atoms with Gasteiger partial charge in [0, 0.05) is 17.1 Å². The molecule has 3 aromatic heterocycles. The van der Waals surface area contributed by atoms with E-state index in [9.17, 15) is 4.79 Å². The van der Waals surface area contributed by atoms with Crippen LogP contribution in [0.3, 0.4) is 0 Å². The lowest BCUT2D eigenvalue weighted by Crippen LogP contribution is -2.04. The number of nitrogens with zero attached hydrogens (tertiary/aromatic N) is 5. The molecule has 0 fully saturated rings. The van der Waals surface area contributed by atoms with Crippen molar-refractivity contribution in [2.75, 3.05) is 7.11 Å². The number of carbonyl (C=O) groups excluding carboxylic acids is 1. The van der Waals surface area contributed by atoms with Crippen LogP contribution in [0.2, 0.25) is 0 Å². The Kier molecular flexibility index (Phi) is 3.70. The third-order valence-corrected chi connectivity index (χ3v) is 3.67. The number of oxazole rings is 1. The standard InChI is InChI=1S/C17H13N5O3/c1-24-17(23)15-10-25-16(19-15)9-22-8-14(20-21-22)12-6-11-4-2-3-5-13(11)18-7-12/h2-8,10H,9H2,1H3. The average Bonchev–Trinajstić information content (AvgIpc) is 3.31. The molecule has 0 atom stereocenters. The van der Waals surface area contributed by atoms with Gasteiger partial charge in [0.05, 0.1) is 18.8 Å². The minimum Gasteiger partial charge on any atom is -0.464 e. The maximum Gasteiger partial charge on any atom is 0.360 e. The zero-order chi connectivity index (χ0) is 17.2. The van der Waals surface area contributed by atoms with Crippen LogP contribution in [0.5, 0.6) is 0 Å². The summed E-state index contributed by atoms with van der Waals surface area (Å²) in [5, 5.41) is 9.26. The number of para-hydroxylation sites is 1. The first-order valence-electron chi connectivity index (χ1n) is 7.51. The molecule has 0 aliphatic heterocycles. The van der Waals surface area contributed by atoms with Gasteiger partial charge in [-0.1, -0.05) is 23.4 Å². The Hall–Kier alpha value is -3.55. The van der Waals surface area contributed by atoms with E-state index in [4.69, 9.17) is 4.42 Å². The Morgan fingerprint density at radius 3 is 3.08 bits per heavy atom. The number of aromatic nitrogens is 5. The van der Waals surface area contributed by atoms with Gasteiger partial charge in [-0.15, -0.1) is 5.10 Å². The van der Waals surface area contributed by atoms with Crippen LogP contribution < -0.4 is 0 Å². The zero-order valence-electron chi connectivity index (χ0n) is 13.3. The Morgan fingerprint density at radius 2 is 2.20 bits per heavy atom. The fourth-order valence-corrected chi connectivity index (χ4v) is 2.44. The molecule has 0 aliphatic carbocycles. The van der Waals surface area contributed by atoms with Gasteiger partial charge in [-0.05, 0) is 12.1 Å². The predicted octanol–water partition coefficient (Wildman–Crippen LogP) is 2.32. The fraction of sp³-hybridized carbons (Fsp3) is 0.118. The van der Waals surface area contributed by atoms with Gasteiger partial charge in [-0.3, -0.25) is 4.98 Å². The number of pyridine rings is 1. The van der Waals surface area contributed by atoms with Crippen molar-refractivity contribution in [3.05, 3.63) is 60.6 Å². The zero-order valence-corrected chi connectivity index (χ0v) is 13.3. The summed E-state index contributed by atoms with van der Waals surface area (Å²) in [6.45, 7) is 0.255. The minimum atomic E-state index is -0.545. The van der Waals surface area contributed by atoms with Crippen molar-refractivity contribution in [1.29, 1.82) is 0 Å². The van der Waals surface area contributed by atoms with Gasteiger partial charge < -0.3 is 9.15 Å². The van der Waals surface area contributed by atoms with Crippen molar-refractivity contribution in [2.24, 2.45) is 0 Å². The largest absolute Gasteiger partial charge is 0.464 e. The Balaban J connectivity index is 1.57. The number of esters is 1. The third-order valence-electron chi connectivity index (χ3n) is 3.67. The van der Waals surface area contributed by atoms with Gasteiger partial charge in [-0.25, -0.2) is 14.5 Å². The van der Waals surface area contributed by atoms with Crippen molar-refractivity contribution in [1.82, 2.24) is 25.0 Å². The molecular weight excluding hydrogens is 322 g/mol. The topological polar surface area (TPSA) is 95.9 Å². The highest BCUT2D eigenvalue weighted by atomic mass is 16.5. The van der Waals surface area contributed by atoms with Crippen LogP contribution in [0.4, 0.5) is 0 Å². The van der Waals surface area contributed by atoms with E-state index in [2.05, 4.69) is 25.0 Å². The van der Waals surface area contributed by atoms with Gasteiger partial charge in [-0.2, -0.15) is 0 Å². The maximum atomic E-state index is 11.4. The first-order chi connectivity index (χ1) is 12.2. The monoisotopic (exact) mass is 335 g/mol. The number of methoxy groups -OCH3 is 1. The van der Waals surface area contributed by atoms with Crippen LogP contribution in [-0.4, -0.2) is 38.0 Å². The lowest BCUT2D eigenvalue weighted by Gasteiger charge is -1.99. The molecule has 0 N–H and O–H groups in total. The molecule has 124 valence electrons. The quantitative estimate of drug-likeness (QED) is 0.528. The third kappa shape index (κ3) is 2.97. The number of benzene rings is 1. The number of hydrogen-bond acceptors (Lipinski definition) is 7. The van der Waals surface area contributed by atoms with Crippen LogP contribution in [0.1, 0.15) is 16.4 Å². The number of rotatable bonds is 4. The van der Waals surface area contributed by atoms with Crippen molar-refractivity contribution in [2.45, 2.75) is 6.54 Å². The highest BCUT2D eigenvalue weighted by molar-refractivity contribution is 5.86. The van der Waals surface area contributed by atoms with Crippen LogP contribution in [-0.2, 0) is 11.3 Å². The van der Waals surface area contributed by atoms with E-state index < -0.39 is 5.97 Å². The van der Waals surface area contributed by atoms with E-state index in [-0.39, 0.29) is 12.2 Å². The lowest BCUT2D eigenvalue weighted by atomic mass is 10.1. The Morgan fingerprint density at radius 1 is 1.32 bits per heavy atom. The van der Waals surface area contributed by atoms with Gasteiger partial charge in [0.2, 0.25) is 5.89 Å². The maximum absolute atomic E-state index is 11.4. The van der Waals surface area contributed by atoms with Crippen LogP contribution >= 0.6 is 0 Å². The van der Waals surface area contributed by atoms with E-state index in [0.717, 1.165) is 16.5 Å². The van der Waals surface area contributed by atoms with Crippen LogP contribution in [0.15, 0.2) is 53.4 Å². The molecular formula is C17H13N5O3. The van der Waals surface area contributed by atoms with Crippen molar-refractivity contribution >= 4 is 16.9 Å². The molecule has 8 nitrogen and oxygen atoms in total. The smallest absolute Gasteiger partial charge is 0.360 e. The van der Waals surface area contributed by atoms with E-state index in [1.165, 1.54) is 13.4 Å². The lowest BCUT2D eigenvalue weighted by molar-refractivity contribution is 0.0594. The average molecular weight is 335 g/mol. The van der Waals surface area contributed by atoms with Crippen LogP contribution in [0, 0.1) is 0 Å². The molecule has 0 saturated carbocycles. The summed E-state index contributed by atoms with van der Waals surface area (Å²) in [4.78, 5) is 19.9. The molecule has 0 amide bonds. The predicted molar refractivity (Wildman–Crippen MR) is 87.7 cm³/mol. The highest BCUT2D eigenvalue weighted by Crippen LogP contribution is 2.20. The first-order valence-corrected chi connectivity index (χ1v) is 7.51. The van der Waals surface area contributed by atoms with Crippen molar-refractivity contribution in [3.8, 4) is 11.3 Å². The second kappa shape index (κ2) is 6.16. The second-order valence-electron chi connectivity index (χ2n) is 5.34. The summed E-state index contributed by atoms with van der Waals surface area (Å²) in [7, 11) is 1.29. The van der Waals surface area contributed by atoms with E-state index in [1.807, 2.05) is 30.3 Å². The van der Waals surface area contributed by atoms with Gasteiger partial charge in [0.1, 0.15) is 18.5 Å². The Labute approximate surface area is 142 Å². The normalized spacial score (nSPS) is 10.9. The minimum absolute atomic E-state index is 0.122. The van der Waals surface area contributed by atoms with Gasteiger partial charge in [0.25, 0.3) is 0 Å². The Bertz CT molecular complexity index is 1050. The molecule has 3 heterocycles. The van der Waals surface area contributed by atoms with Crippen molar-refractivity contribution in [3.63, 3.8) is 0 Å². The second-order valence-corrected chi connectivity index (χ2v) is 5.34. The SMILES string of the molecule is COC(=O)c1coc(Cn2cc(-c3cnc4ccccc4c3)nn2)n1. The number of hydrogen-bond donors (Lipinski definition) is 0. The van der Waals surface area contributed by atoms with E-state index in [0.29, 0.717) is 11.6 Å². The first kappa shape index (κ1) is 15.0. The fourth-order valence-electron chi connectivity index (χ4n) is 2.44. The van der Waals surface area contributed by atoms with Gasteiger partial charge in [0.15, 0.2) is 5.69 Å². The molecule has 4 aromatic rings. The molecule has 0 spiro atoms. The molecule has 4 rings (SSSR count). The summed E-state index contributed by atoms with van der Waals surface area (Å²) in [5.74, 6) is -0.204. The summed E-state index contributed by atoms with van der Waals surface area (Å²) in [5.41, 5.74) is 2.61. The van der Waals surface area contributed by atoms with Gasteiger partial charge >= 0.3 is 5.97 Å². The molecule has 25 heavy (non-hydrogen) atoms. The number of fused-ring (bicyclic) bond motifs is 1. The molecule has 0 unspecified atom stereocenters. The summed E-state index contributed by atoms with van der Waals surface area (Å²) >= 11 is 0. The summed E-state index contributed by atoms with van der Waals surface area (Å²) < 4.78 is 11.4. The molecule has 0 bridgehead atoms. The summed E-state index contributed by atoms with van der Waals surface area (Å²) in [6.07, 6.45) is 4.79. The van der Waals surface area contributed by atoms with E-state index in [1.54, 1.807) is 17.1 Å². The molecule has 0 saturated heterocycles. The number of carbonyl (C=O) groups is 1. The molecule has 8 heteroatoms. The summed E-state index contributed by atoms with van der Waals surface area (Å²) in [6, 6.07) is 9.88. The van der Waals surface area contributed by atoms with Crippen LogP contribution in [0.25, 0.3) is 22.2 Å². The molecule has 0 aliphatic rings. The number of ether oxygens (including phenoxy) is 1. The molecule has 1 aromatic carbocycles.